The second-order valence-corrected chi connectivity index (χ2v) is 5.06. The predicted molar refractivity (Wildman–Crippen MR) is 65.4 cm³/mol. The summed E-state index contributed by atoms with van der Waals surface area (Å²) in [5.41, 5.74) is 0. The number of aromatic nitrogens is 2. The first-order valence-corrected chi connectivity index (χ1v) is 6.50. The Kier molecular flexibility index (Phi) is 4.08. The molecule has 98 valence electrons. The number of carboxylic acid groups (broad SMARTS) is 1. The normalized spacial score (nSPS) is 23.3. The molecule has 0 aliphatic heterocycles. The second kappa shape index (κ2) is 5.76. The number of aliphatic carboxylic acids is 1. The molecule has 1 heterocycles. The molecule has 3 N–H and O–H groups in total. The van der Waals surface area contributed by atoms with Crippen LogP contribution in [0, 0.1) is 5.92 Å². The van der Waals surface area contributed by atoms with Gasteiger partial charge in [0.2, 0.25) is 0 Å². The first-order valence-electron chi connectivity index (χ1n) is 5.73. The number of carboxylic acids is 1. The summed E-state index contributed by atoms with van der Waals surface area (Å²) in [5, 5.41) is 18.5. The summed E-state index contributed by atoms with van der Waals surface area (Å²) in [6.07, 6.45) is 4.28. The summed E-state index contributed by atoms with van der Waals surface area (Å²) in [6.45, 7) is 0. The number of nitrogens with zero attached hydrogens (tertiary/aromatic N) is 2. The van der Waals surface area contributed by atoms with E-state index < -0.39 is 5.97 Å². The minimum atomic E-state index is -0.784. The average molecular weight is 270 g/mol. The Balaban J connectivity index is 1.81. The summed E-state index contributed by atoms with van der Waals surface area (Å²) < 4.78 is 3.63. The molecule has 18 heavy (non-hydrogen) atoms. The van der Waals surface area contributed by atoms with Crippen LogP contribution in [-0.4, -0.2) is 32.7 Å². The first kappa shape index (κ1) is 12.7. The second-order valence-electron chi connectivity index (χ2n) is 4.28. The van der Waals surface area contributed by atoms with E-state index in [1.54, 1.807) is 0 Å². The number of hydrogen-bond acceptors (Lipinski definition) is 5. The van der Waals surface area contributed by atoms with Crippen LogP contribution >= 0.6 is 11.5 Å². The molecule has 2 atom stereocenters. The number of urea groups is 1. The van der Waals surface area contributed by atoms with E-state index in [-0.39, 0.29) is 18.0 Å². The van der Waals surface area contributed by atoms with Crippen molar-refractivity contribution in [3.63, 3.8) is 0 Å². The van der Waals surface area contributed by atoms with E-state index in [0.29, 0.717) is 17.8 Å². The van der Waals surface area contributed by atoms with Gasteiger partial charge in [-0.05, 0) is 19.3 Å². The molecule has 8 heteroatoms. The maximum absolute atomic E-state index is 11.6. The molecule has 7 nitrogen and oxygen atoms in total. The average Bonchev–Trinajstić information content (AvgIpc) is 2.82. The Morgan fingerprint density at radius 1 is 1.44 bits per heavy atom. The van der Waals surface area contributed by atoms with Crippen molar-refractivity contribution in [3.8, 4) is 0 Å². The van der Waals surface area contributed by atoms with Crippen LogP contribution in [0.15, 0.2) is 6.20 Å². The van der Waals surface area contributed by atoms with Gasteiger partial charge >= 0.3 is 12.0 Å². The highest BCUT2D eigenvalue weighted by molar-refractivity contribution is 7.10. The highest BCUT2D eigenvalue weighted by Gasteiger charge is 2.27. The number of carbonyl (C=O) groups excluding carboxylic acids is 1. The van der Waals surface area contributed by atoms with Gasteiger partial charge in [-0.2, -0.15) is 0 Å². The molecule has 2 rings (SSSR count). The van der Waals surface area contributed by atoms with Crippen LogP contribution < -0.4 is 10.6 Å². The zero-order valence-corrected chi connectivity index (χ0v) is 10.4. The van der Waals surface area contributed by atoms with Gasteiger partial charge in [0.05, 0.1) is 12.1 Å². The van der Waals surface area contributed by atoms with Crippen molar-refractivity contribution in [2.24, 2.45) is 5.92 Å². The Hall–Kier alpha value is -1.70. The number of amides is 2. The lowest BCUT2D eigenvalue weighted by atomic mass is 9.86. The van der Waals surface area contributed by atoms with Gasteiger partial charge in [0.15, 0.2) is 0 Å². The van der Waals surface area contributed by atoms with Gasteiger partial charge in [0.25, 0.3) is 0 Å². The van der Waals surface area contributed by atoms with Gasteiger partial charge in [-0.1, -0.05) is 10.9 Å². The quantitative estimate of drug-likeness (QED) is 0.768. The van der Waals surface area contributed by atoms with Gasteiger partial charge in [0.1, 0.15) is 5.00 Å². The van der Waals surface area contributed by atoms with E-state index in [9.17, 15) is 9.59 Å². The Labute approximate surface area is 108 Å². The Bertz CT molecular complexity index is 423. The van der Waals surface area contributed by atoms with E-state index in [2.05, 4.69) is 20.2 Å². The molecule has 0 radical (unpaired) electrons. The van der Waals surface area contributed by atoms with E-state index in [1.165, 1.54) is 6.20 Å². The third-order valence-electron chi connectivity index (χ3n) is 2.96. The fourth-order valence-electron chi connectivity index (χ4n) is 2.10. The zero-order chi connectivity index (χ0) is 13.0. The third kappa shape index (κ3) is 3.39. The molecule has 1 fully saturated rings. The van der Waals surface area contributed by atoms with Crippen LogP contribution in [0.4, 0.5) is 9.80 Å². The fraction of sp³-hybridized carbons (Fsp3) is 0.600. The molecule has 2 amide bonds. The van der Waals surface area contributed by atoms with Crippen molar-refractivity contribution in [3.05, 3.63) is 6.20 Å². The van der Waals surface area contributed by atoms with Crippen LogP contribution in [0.2, 0.25) is 0 Å². The van der Waals surface area contributed by atoms with Crippen molar-refractivity contribution in [1.82, 2.24) is 14.9 Å². The minimum Gasteiger partial charge on any atom is -0.481 e. The molecule has 1 aromatic rings. The summed E-state index contributed by atoms with van der Waals surface area (Å²) in [6, 6.07) is -0.419. The smallest absolute Gasteiger partial charge is 0.320 e. The Morgan fingerprint density at radius 3 is 2.94 bits per heavy atom. The van der Waals surface area contributed by atoms with Crippen molar-refractivity contribution in [2.75, 3.05) is 5.32 Å². The van der Waals surface area contributed by atoms with Crippen LogP contribution in [0.1, 0.15) is 25.7 Å². The topological polar surface area (TPSA) is 104 Å². The molecule has 1 aromatic heterocycles. The zero-order valence-electron chi connectivity index (χ0n) is 9.63. The van der Waals surface area contributed by atoms with Crippen molar-refractivity contribution in [1.29, 1.82) is 0 Å². The lowest BCUT2D eigenvalue weighted by molar-refractivity contribution is -0.143. The van der Waals surface area contributed by atoms with Gasteiger partial charge in [-0.3, -0.25) is 10.1 Å². The van der Waals surface area contributed by atoms with Gasteiger partial charge in [0, 0.05) is 17.6 Å². The largest absolute Gasteiger partial charge is 0.481 e. The fourth-order valence-corrected chi connectivity index (χ4v) is 2.52. The van der Waals surface area contributed by atoms with E-state index >= 15 is 0 Å². The van der Waals surface area contributed by atoms with E-state index in [0.717, 1.165) is 24.4 Å². The molecule has 0 saturated heterocycles. The van der Waals surface area contributed by atoms with Crippen molar-refractivity contribution >= 4 is 28.5 Å². The molecule has 2 unspecified atom stereocenters. The highest BCUT2D eigenvalue weighted by Crippen LogP contribution is 2.24. The number of carbonyl (C=O) groups is 2. The lowest BCUT2D eigenvalue weighted by Gasteiger charge is -2.27. The predicted octanol–water partition coefficient (Wildman–Crippen LogP) is 1.30. The van der Waals surface area contributed by atoms with Gasteiger partial charge in [-0.25, -0.2) is 4.79 Å². The Morgan fingerprint density at radius 2 is 2.28 bits per heavy atom. The number of nitrogens with one attached hydrogen (secondary N) is 2. The molecular weight excluding hydrogens is 256 g/mol. The lowest BCUT2D eigenvalue weighted by Crippen LogP contribution is -2.41. The molecule has 0 aromatic carbocycles. The maximum Gasteiger partial charge on any atom is 0.320 e. The molecular formula is C10H14N4O3S. The molecule has 0 bridgehead atoms. The van der Waals surface area contributed by atoms with Crippen LogP contribution in [0.25, 0.3) is 0 Å². The van der Waals surface area contributed by atoms with Gasteiger partial charge < -0.3 is 10.4 Å². The van der Waals surface area contributed by atoms with Crippen molar-refractivity contribution < 1.29 is 14.7 Å². The number of rotatable bonds is 3. The summed E-state index contributed by atoms with van der Waals surface area (Å²) in [5.74, 6) is -1.14. The molecule has 1 aliphatic rings. The molecule has 0 spiro atoms. The molecule has 1 aliphatic carbocycles. The highest BCUT2D eigenvalue weighted by atomic mass is 32.1. The monoisotopic (exact) mass is 270 g/mol. The van der Waals surface area contributed by atoms with E-state index in [4.69, 9.17) is 5.11 Å². The standard InChI is InChI=1S/C10H14N4O3S/c15-9(16)6-2-1-3-7(4-6)12-10(17)13-8-5-11-14-18-8/h5-7H,1-4H2,(H,15,16)(H2,12,13,17). The summed E-state index contributed by atoms with van der Waals surface area (Å²) >= 11 is 1.09. The third-order valence-corrected chi connectivity index (χ3v) is 3.54. The van der Waals surface area contributed by atoms with Gasteiger partial charge in [-0.15, -0.1) is 5.10 Å². The summed E-state index contributed by atoms with van der Waals surface area (Å²) in [4.78, 5) is 22.5. The maximum atomic E-state index is 11.6. The van der Waals surface area contributed by atoms with E-state index in [1.807, 2.05) is 0 Å². The van der Waals surface area contributed by atoms with Crippen LogP contribution in [-0.2, 0) is 4.79 Å². The van der Waals surface area contributed by atoms with Crippen molar-refractivity contribution in [2.45, 2.75) is 31.7 Å². The summed E-state index contributed by atoms with van der Waals surface area (Å²) in [7, 11) is 0. The van der Waals surface area contributed by atoms with Crippen LogP contribution in [0.3, 0.4) is 0 Å². The molecule has 1 saturated carbocycles. The minimum absolute atomic E-state index is 0.0827. The first-order chi connectivity index (χ1) is 8.65. The SMILES string of the molecule is O=C(Nc1cnns1)NC1CCCC(C(=O)O)C1. The number of hydrogen-bond donors (Lipinski definition) is 3. The number of anilines is 1. The van der Waals surface area contributed by atoms with Crippen LogP contribution in [0.5, 0.6) is 0 Å².